The van der Waals surface area contributed by atoms with Gasteiger partial charge in [0, 0.05) is 11.8 Å². The van der Waals surface area contributed by atoms with Crippen LogP contribution in [0.4, 0.5) is 0 Å². The largest absolute Gasteiger partial charge is 0.283 e. The number of nitrogens with zero attached hydrogens (tertiary/aromatic N) is 3. The van der Waals surface area contributed by atoms with Crippen LogP contribution < -0.4 is 0 Å². The van der Waals surface area contributed by atoms with E-state index in [-0.39, 0.29) is 0 Å². The van der Waals surface area contributed by atoms with Crippen LogP contribution in [0.5, 0.6) is 0 Å². The summed E-state index contributed by atoms with van der Waals surface area (Å²) in [4.78, 5) is 8.97. The Morgan fingerprint density at radius 3 is 2.29 bits per heavy atom. The number of hydrogen-bond donors (Lipinski definition) is 0. The van der Waals surface area contributed by atoms with Gasteiger partial charge in [0.05, 0.1) is 11.0 Å². The topological polar surface area (TPSA) is 30.7 Å². The summed E-state index contributed by atoms with van der Waals surface area (Å²) in [6, 6.07) is 22.4. The summed E-state index contributed by atoms with van der Waals surface area (Å²) >= 11 is 0. The number of fused-ring (bicyclic) bond motifs is 1. The molecule has 3 heteroatoms. The summed E-state index contributed by atoms with van der Waals surface area (Å²) in [7, 11) is 0. The number of imidazole rings is 1. The maximum absolute atomic E-state index is 4.57. The van der Waals surface area contributed by atoms with Crippen molar-refractivity contribution in [1.29, 1.82) is 0 Å². The predicted octanol–water partition coefficient (Wildman–Crippen LogP) is 4.09. The Hall–Kier alpha value is -2.94. The lowest BCUT2D eigenvalue weighted by Gasteiger charge is -2.05. The van der Waals surface area contributed by atoms with Gasteiger partial charge in [0.15, 0.2) is 0 Å². The maximum atomic E-state index is 4.57. The minimum absolute atomic E-state index is 0.878. The second-order valence-corrected chi connectivity index (χ2v) is 4.87. The van der Waals surface area contributed by atoms with E-state index in [0.717, 1.165) is 22.4 Å². The highest BCUT2D eigenvalue weighted by Gasteiger charge is 2.05. The summed E-state index contributed by atoms with van der Waals surface area (Å²) in [6.07, 6.45) is 3.72. The number of para-hydroxylation sites is 2. The fourth-order valence-corrected chi connectivity index (χ4v) is 2.47. The van der Waals surface area contributed by atoms with E-state index in [1.165, 1.54) is 5.56 Å². The first-order chi connectivity index (χ1) is 10.4. The van der Waals surface area contributed by atoms with Crippen LogP contribution in [0.15, 0.2) is 79.3 Å². The van der Waals surface area contributed by atoms with Gasteiger partial charge in [0.2, 0.25) is 0 Å². The van der Waals surface area contributed by atoms with Crippen LogP contribution in [0.3, 0.4) is 0 Å². The van der Waals surface area contributed by atoms with Crippen LogP contribution in [0, 0.1) is 0 Å². The van der Waals surface area contributed by atoms with Crippen molar-refractivity contribution in [2.45, 2.75) is 0 Å². The molecule has 0 N–H and O–H groups in total. The second-order valence-electron chi connectivity index (χ2n) is 4.87. The van der Waals surface area contributed by atoms with E-state index >= 15 is 0 Å². The zero-order valence-corrected chi connectivity index (χ0v) is 11.3. The summed E-state index contributed by atoms with van der Waals surface area (Å²) in [5, 5.41) is 0. The van der Waals surface area contributed by atoms with E-state index in [0.29, 0.717) is 0 Å². The molecule has 100 valence electrons. The van der Waals surface area contributed by atoms with Crippen LogP contribution in [0.1, 0.15) is 0 Å². The van der Waals surface area contributed by atoms with Gasteiger partial charge in [-0.2, -0.15) is 0 Å². The lowest BCUT2D eigenvalue weighted by Crippen LogP contribution is -1.95. The molecule has 2 aromatic heterocycles. The summed E-state index contributed by atoms with van der Waals surface area (Å²) in [5.74, 6) is 0.878. The van der Waals surface area contributed by atoms with Crippen LogP contribution in [0.25, 0.3) is 28.0 Å². The molecule has 0 bridgehead atoms. The van der Waals surface area contributed by atoms with Crippen molar-refractivity contribution >= 4 is 11.0 Å². The van der Waals surface area contributed by atoms with Gasteiger partial charge in [0.1, 0.15) is 12.1 Å². The fraction of sp³-hybridized carbons (Fsp3) is 0. The van der Waals surface area contributed by atoms with Crippen molar-refractivity contribution < 1.29 is 0 Å². The van der Waals surface area contributed by atoms with Crippen LogP contribution in [-0.2, 0) is 0 Å². The van der Waals surface area contributed by atoms with E-state index < -0.39 is 0 Å². The van der Waals surface area contributed by atoms with Gasteiger partial charge in [-0.05, 0) is 29.8 Å². The quantitative estimate of drug-likeness (QED) is 0.550. The molecule has 2 aromatic carbocycles. The first kappa shape index (κ1) is 11.9. The van der Waals surface area contributed by atoms with E-state index in [1.807, 2.05) is 59.6 Å². The molecule has 0 spiro atoms. The molecule has 0 aliphatic carbocycles. The molecule has 0 atom stereocenters. The van der Waals surface area contributed by atoms with Crippen LogP contribution >= 0.6 is 0 Å². The average Bonchev–Trinajstić information content (AvgIpc) is 3.00. The van der Waals surface area contributed by atoms with Crippen molar-refractivity contribution in [2.24, 2.45) is 0 Å². The molecular weight excluding hydrogens is 258 g/mol. The summed E-state index contributed by atoms with van der Waals surface area (Å²) in [6.45, 7) is 0. The Bertz CT molecular complexity index is 877. The van der Waals surface area contributed by atoms with Gasteiger partial charge in [0.25, 0.3) is 0 Å². The Kier molecular flexibility index (Phi) is 2.75. The molecule has 0 unspecified atom stereocenters. The van der Waals surface area contributed by atoms with Crippen LogP contribution in [-0.4, -0.2) is 14.5 Å². The van der Waals surface area contributed by atoms with Gasteiger partial charge in [-0.1, -0.05) is 42.5 Å². The minimum atomic E-state index is 0.878. The number of benzene rings is 2. The van der Waals surface area contributed by atoms with E-state index in [4.69, 9.17) is 0 Å². The first-order valence-corrected chi connectivity index (χ1v) is 6.86. The Labute approximate surface area is 122 Å². The fourth-order valence-electron chi connectivity index (χ4n) is 2.47. The normalized spacial score (nSPS) is 10.9. The van der Waals surface area contributed by atoms with E-state index in [1.54, 1.807) is 0 Å². The molecule has 21 heavy (non-hydrogen) atoms. The third kappa shape index (κ3) is 2.09. The standard InChI is InChI=1S/C18H13N3/c1-2-6-14(7-3-1)15-10-11-18(19-12-15)21-13-20-16-8-4-5-9-17(16)21/h1-13H. The maximum Gasteiger partial charge on any atom is 0.138 e. The van der Waals surface area contributed by atoms with Gasteiger partial charge < -0.3 is 0 Å². The monoisotopic (exact) mass is 271 g/mol. The summed E-state index contributed by atoms with van der Waals surface area (Å²) in [5.41, 5.74) is 4.33. The zero-order chi connectivity index (χ0) is 14.1. The number of pyridine rings is 1. The van der Waals surface area contributed by atoms with E-state index in [9.17, 15) is 0 Å². The first-order valence-electron chi connectivity index (χ1n) is 6.86. The number of aromatic nitrogens is 3. The third-order valence-electron chi connectivity index (χ3n) is 3.56. The SMILES string of the molecule is c1ccc(-c2ccc(-n3cnc4ccccc43)nc2)cc1. The molecule has 0 aliphatic heterocycles. The van der Waals surface area contributed by atoms with Crippen molar-refractivity contribution in [2.75, 3.05) is 0 Å². The molecule has 0 fully saturated rings. The second kappa shape index (κ2) is 4.87. The van der Waals surface area contributed by atoms with E-state index in [2.05, 4.69) is 34.2 Å². The molecule has 4 aromatic rings. The number of hydrogen-bond acceptors (Lipinski definition) is 2. The molecule has 0 radical (unpaired) electrons. The molecule has 0 saturated heterocycles. The Balaban J connectivity index is 1.77. The molecular formula is C18H13N3. The Morgan fingerprint density at radius 2 is 1.48 bits per heavy atom. The minimum Gasteiger partial charge on any atom is -0.283 e. The summed E-state index contributed by atoms with van der Waals surface area (Å²) < 4.78 is 2.00. The van der Waals surface area contributed by atoms with Crippen molar-refractivity contribution in [1.82, 2.24) is 14.5 Å². The van der Waals surface area contributed by atoms with Gasteiger partial charge >= 0.3 is 0 Å². The predicted molar refractivity (Wildman–Crippen MR) is 84.3 cm³/mol. The molecule has 4 rings (SSSR count). The van der Waals surface area contributed by atoms with Crippen molar-refractivity contribution in [3.05, 3.63) is 79.3 Å². The van der Waals surface area contributed by atoms with Gasteiger partial charge in [-0.3, -0.25) is 4.57 Å². The van der Waals surface area contributed by atoms with Gasteiger partial charge in [-0.25, -0.2) is 9.97 Å². The molecule has 0 saturated carbocycles. The van der Waals surface area contributed by atoms with Gasteiger partial charge in [-0.15, -0.1) is 0 Å². The third-order valence-corrected chi connectivity index (χ3v) is 3.56. The van der Waals surface area contributed by atoms with Crippen molar-refractivity contribution in [3.8, 4) is 16.9 Å². The Morgan fingerprint density at radius 1 is 0.667 bits per heavy atom. The van der Waals surface area contributed by atoms with Crippen LogP contribution in [0.2, 0.25) is 0 Å². The number of rotatable bonds is 2. The highest BCUT2D eigenvalue weighted by Crippen LogP contribution is 2.21. The smallest absolute Gasteiger partial charge is 0.138 e. The lowest BCUT2D eigenvalue weighted by molar-refractivity contribution is 1.02. The zero-order valence-electron chi connectivity index (χ0n) is 11.3. The molecule has 2 heterocycles. The highest BCUT2D eigenvalue weighted by atomic mass is 15.1. The highest BCUT2D eigenvalue weighted by molar-refractivity contribution is 5.77. The molecule has 0 amide bonds. The molecule has 0 aliphatic rings. The van der Waals surface area contributed by atoms with Crippen molar-refractivity contribution in [3.63, 3.8) is 0 Å². The average molecular weight is 271 g/mol. The lowest BCUT2D eigenvalue weighted by atomic mass is 10.1. The molecule has 3 nitrogen and oxygen atoms in total.